The van der Waals surface area contributed by atoms with Gasteiger partial charge in [0.25, 0.3) is 0 Å². The molecule has 0 radical (unpaired) electrons. The molecule has 2 aromatic rings. The highest BCUT2D eigenvalue weighted by atomic mass is 35.5. The van der Waals surface area contributed by atoms with Crippen LogP contribution in [0.1, 0.15) is 28.7 Å². The lowest BCUT2D eigenvalue weighted by Gasteiger charge is -2.28. The molecule has 24 heavy (non-hydrogen) atoms. The molecule has 0 saturated carbocycles. The quantitative estimate of drug-likeness (QED) is 0.875. The molecule has 0 amide bonds. The molecule has 0 aliphatic heterocycles. The first-order valence-electron chi connectivity index (χ1n) is 8.33. The monoisotopic (exact) mass is 345 g/mol. The van der Waals surface area contributed by atoms with Gasteiger partial charge in [0.2, 0.25) is 0 Å². The van der Waals surface area contributed by atoms with Gasteiger partial charge in [0, 0.05) is 28.7 Å². The van der Waals surface area contributed by atoms with E-state index in [-0.39, 0.29) is 0 Å². The number of halogens is 1. The summed E-state index contributed by atoms with van der Waals surface area (Å²) in [6, 6.07) is 10.6. The summed E-state index contributed by atoms with van der Waals surface area (Å²) in [7, 11) is 3.46. The maximum atomic E-state index is 6.10. The van der Waals surface area contributed by atoms with Gasteiger partial charge in [-0.25, -0.2) is 0 Å². The van der Waals surface area contributed by atoms with Gasteiger partial charge in [-0.05, 0) is 55.5 Å². The van der Waals surface area contributed by atoms with Crippen molar-refractivity contribution < 1.29 is 9.47 Å². The van der Waals surface area contributed by atoms with E-state index in [2.05, 4.69) is 17.4 Å². The first-order chi connectivity index (χ1) is 11.6. The van der Waals surface area contributed by atoms with Crippen LogP contribution < -0.4 is 14.8 Å². The number of aryl methyl sites for hydroxylation is 1. The zero-order valence-electron chi connectivity index (χ0n) is 14.5. The molecule has 1 aliphatic rings. The van der Waals surface area contributed by atoms with Gasteiger partial charge >= 0.3 is 0 Å². The Balaban J connectivity index is 1.71. The van der Waals surface area contributed by atoms with Crippen molar-refractivity contribution >= 4 is 11.6 Å². The molecule has 3 rings (SSSR count). The summed E-state index contributed by atoms with van der Waals surface area (Å²) in [5.41, 5.74) is 4.95. The Morgan fingerprint density at radius 2 is 1.79 bits per heavy atom. The Morgan fingerprint density at radius 1 is 1.08 bits per heavy atom. The van der Waals surface area contributed by atoms with Gasteiger partial charge in [0.05, 0.1) is 14.2 Å². The van der Waals surface area contributed by atoms with E-state index in [1.165, 1.54) is 16.7 Å². The summed E-state index contributed by atoms with van der Waals surface area (Å²) in [6.45, 7) is 2.89. The Labute approximate surface area is 148 Å². The maximum Gasteiger partial charge on any atom is 0.122 e. The number of methoxy groups -OCH3 is 2. The van der Waals surface area contributed by atoms with Crippen molar-refractivity contribution in [2.24, 2.45) is 0 Å². The lowest BCUT2D eigenvalue weighted by Crippen LogP contribution is -2.34. The highest BCUT2D eigenvalue weighted by Gasteiger charge is 2.24. The molecule has 0 aromatic heterocycles. The molecule has 1 aliphatic carbocycles. The normalized spacial score (nSPS) is 16.6. The zero-order valence-corrected chi connectivity index (χ0v) is 15.2. The van der Waals surface area contributed by atoms with Crippen molar-refractivity contribution in [3.8, 4) is 11.5 Å². The molecule has 4 heteroatoms. The number of ether oxygens (including phenoxy) is 2. The highest BCUT2D eigenvalue weighted by Crippen LogP contribution is 2.36. The first-order valence-corrected chi connectivity index (χ1v) is 8.71. The van der Waals surface area contributed by atoms with Crippen LogP contribution in [0.5, 0.6) is 11.5 Å². The molecule has 2 aromatic carbocycles. The van der Waals surface area contributed by atoms with Crippen molar-refractivity contribution in [3.63, 3.8) is 0 Å². The van der Waals surface area contributed by atoms with E-state index in [0.29, 0.717) is 6.04 Å². The second-order valence-corrected chi connectivity index (χ2v) is 6.74. The van der Waals surface area contributed by atoms with Crippen molar-refractivity contribution in [1.82, 2.24) is 5.32 Å². The number of hydrogen-bond donors (Lipinski definition) is 1. The molecular formula is C20H24ClNO2. The highest BCUT2D eigenvalue weighted by molar-refractivity contribution is 6.31. The van der Waals surface area contributed by atoms with Crippen molar-refractivity contribution in [3.05, 3.63) is 57.6 Å². The van der Waals surface area contributed by atoms with Gasteiger partial charge < -0.3 is 14.8 Å². The summed E-state index contributed by atoms with van der Waals surface area (Å²) in [6.07, 6.45) is 3.07. The Morgan fingerprint density at radius 3 is 2.46 bits per heavy atom. The van der Waals surface area contributed by atoms with Gasteiger partial charge in [-0.15, -0.1) is 0 Å². The maximum absolute atomic E-state index is 6.10. The van der Waals surface area contributed by atoms with Gasteiger partial charge in [0.15, 0.2) is 0 Å². The minimum absolute atomic E-state index is 0.439. The third-order valence-electron chi connectivity index (χ3n) is 4.80. The molecule has 0 heterocycles. The fraction of sp³-hybridized carbons (Fsp3) is 0.400. The molecule has 0 saturated heterocycles. The van der Waals surface area contributed by atoms with Gasteiger partial charge in [-0.2, -0.15) is 0 Å². The van der Waals surface area contributed by atoms with Crippen LogP contribution in [0, 0.1) is 6.92 Å². The third kappa shape index (κ3) is 3.52. The Kier molecular flexibility index (Phi) is 5.32. The number of benzene rings is 2. The van der Waals surface area contributed by atoms with Crippen LogP contribution in [0.3, 0.4) is 0 Å². The number of rotatable bonds is 5. The molecule has 0 fully saturated rings. The molecular weight excluding hydrogens is 322 g/mol. The second-order valence-electron chi connectivity index (χ2n) is 6.33. The fourth-order valence-corrected chi connectivity index (χ4v) is 3.57. The average Bonchev–Trinajstić information content (AvgIpc) is 2.61. The minimum atomic E-state index is 0.439. The van der Waals surface area contributed by atoms with E-state index in [0.717, 1.165) is 47.9 Å². The van der Waals surface area contributed by atoms with E-state index in [1.807, 2.05) is 25.1 Å². The number of hydrogen-bond acceptors (Lipinski definition) is 3. The van der Waals surface area contributed by atoms with Gasteiger partial charge in [-0.1, -0.05) is 23.7 Å². The van der Waals surface area contributed by atoms with Crippen LogP contribution in [-0.2, 0) is 19.4 Å². The fourth-order valence-electron chi connectivity index (χ4n) is 3.45. The molecule has 3 nitrogen and oxygen atoms in total. The smallest absolute Gasteiger partial charge is 0.122 e. The molecule has 1 unspecified atom stereocenters. The summed E-state index contributed by atoms with van der Waals surface area (Å²) >= 11 is 6.10. The standard InChI is InChI=1S/C20H24ClNO2/c1-13-10-14(4-7-18(13)21)12-22-15-5-6-16-17(11-15)20(24-3)9-8-19(16)23-2/h4,7-10,15,22H,5-6,11-12H2,1-3H3. The summed E-state index contributed by atoms with van der Waals surface area (Å²) in [5, 5.41) is 4.50. The Hall–Kier alpha value is -1.71. The third-order valence-corrected chi connectivity index (χ3v) is 5.22. The first kappa shape index (κ1) is 17.1. The largest absolute Gasteiger partial charge is 0.496 e. The van der Waals surface area contributed by atoms with E-state index in [9.17, 15) is 0 Å². The van der Waals surface area contributed by atoms with E-state index in [1.54, 1.807) is 14.2 Å². The zero-order chi connectivity index (χ0) is 17.1. The van der Waals surface area contributed by atoms with Crippen molar-refractivity contribution in [1.29, 1.82) is 0 Å². The van der Waals surface area contributed by atoms with E-state index < -0.39 is 0 Å². The van der Waals surface area contributed by atoms with Crippen LogP contribution in [0.25, 0.3) is 0 Å². The molecule has 1 N–H and O–H groups in total. The molecule has 128 valence electrons. The number of fused-ring (bicyclic) bond motifs is 1. The SMILES string of the molecule is COc1ccc(OC)c2c1CCC(NCc1ccc(Cl)c(C)c1)C2. The van der Waals surface area contributed by atoms with E-state index >= 15 is 0 Å². The summed E-state index contributed by atoms with van der Waals surface area (Å²) in [4.78, 5) is 0. The molecule has 1 atom stereocenters. The summed E-state index contributed by atoms with van der Waals surface area (Å²) in [5.74, 6) is 1.93. The van der Waals surface area contributed by atoms with Crippen LogP contribution in [-0.4, -0.2) is 20.3 Å². The topological polar surface area (TPSA) is 30.5 Å². The predicted octanol–water partition coefficient (Wildman–Crippen LogP) is 4.31. The van der Waals surface area contributed by atoms with Gasteiger partial charge in [0.1, 0.15) is 11.5 Å². The predicted molar refractivity (Wildman–Crippen MR) is 98.4 cm³/mol. The minimum Gasteiger partial charge on any atom is -0.496 e. The van der Waals surface area contributed by atoms with Crippen molar-refractivity contribution in [2.45, 2.75) is 38.8 Å². The van der Waals surface area contributed by atoms with Crippen LogP contribution >= 0.6 is 11.6 Å². The summed E-state index contributed by atoms with van der Waals surface area (Å²) < 4.78 is 11.1. The molecule has 0 bridgehead atoms. The van der Waals surface area contributed by atoms with Crippen LogP contribution in [0.2, 0.25) is 5.02 Å². The molecule has 0 spiro atoms. The lowest BCUT2D eigenvalue weighted by molar-refractivity contribution is 0.376. The lowest BCUT2D eigenvalue weighted by atomic mass is 9.87. The Bertz CT molecular complexity index is 730. The van der Waals surface area contributed by atoms with E-state index in [4.69, 9.17) is 21.1 Å². The van der Waals surface area contributed by atoms with Crippen molar-refractivity contribution in [2.75, 3.05) is 14.2 Å². The average molecular weight is 346 g/mol. The number of nitrogens with one attached hydrogen (secondary N) is 1. The van der Waals surface area contributed by atoms with Gasteiger partial charge in [-0.3, -0.25) is 0 Å². The second kappa shape index (κ2) is 7.45. The van der Waals surface area contributed by atoms with Crippen LogP contribution in [0.15, 0.2) is 30.3 Å². The van der Waals surface area contributed by atoms with Crippen LogP contribution in [0.4, 0.5) is 0 Å².